The molecule has 2 fully saturated rings. The van der Waals surface area contributed by atoms with Gasteiger partial charge in [-0.2, -0.15) is 0 Å². The van der Waals surface area contributed by atoms with Gasteiger partial charge in [0, 0.05) is 31.2 Å². The lowest BCUT2D eigenvalue weighted by Gasteiger charge is -2.25. The SMILES string of the molecule is CCN(CCNC(=O)C1CC12CCNCC2)c1ccccc1C.Cl.Cl. The minimum absolute atomic E-state index is 0. The van der Waals surface area contributed by atoms with Crippen LogP contribution in [0.2, 0.25) is 0 Å². The number of carbonyl (C=O) groups excluding carboxylic acids is 1. The van der Waals surface area contributed by atoms with Crippen molar-refractivity contribution in [2.75, 3.05) is 37.6 Å². The minimum Gasteiger partial charge on any atom is -0.370 e. The number of nitrogens with zero attached hydrogens (tertiary/aromatic N) is 1. The monoisotopic (exact) mass is 387 g/mol. The van der Waals surface area contributed by atoms with Crippen LogP contribution in [-0.4, -0.2) is 38.6 Å². The first kappa shape index (κ1) is 22.1. The van der Waals surface area contributed by atoms with E-state index < -0.39 is 0 Å². The number of piperidine rings is 1. The second-order valence-corrected chi connectivity index (χ2v) is 7.03. The molecule has 1 spiro atoms. The number of anilines is 1. The van der Waals surface area contributed by atoms with Crippen LogP contribution in [0.25, 0.3) is 0 Å². The number of carbonyl (C=O) groups is 1. The molecule has 0 bridgehead atoms. The highest BCUT2D eigenvalue weighted by Gasteiger charge is 2.57. The normalized spacial score (nSPS) is 20.2. The maximum Gasteiger partial charge on any atom is 0.223 e. The molecule has 1 aliphatic heterocycles. The summed E-state index contributed by atoms with van der Waals surface area (Å²) in [5.41, 5.74) is 2.89. The van der Waals surface area contributed by atoms with E-state index in [0.717, 1.165) is 52.0 Å². The summed E-state index contributed by atoms with van der Waals surface area (Å²) in [6, 6.07) is 8.45. The van der Waals surface area contributed by atoms with Crippen LogP contribution in [0.3, 0.4) is 0 Å². The van der Waals surface area contributed by atoms with Gasteiger partial charge >= 0.3 is 0 Å². The van der Waals surface area contributed by atoms with Crippen LogP contribution < -0.4 is 15.5 Å². The summed E-state index contributed by atoms with van der Waals surface area (Å²) in [7, 11) is 0. The molecule has 3 rings (SSSR count). The van der Waals surface area contributed by atoms with Gasteiger partial charge in [-0.1, -0.05) is 18.2 Å². The van der Waals surface area contributed by atoms with Gasteiger partial charge in [-0.05, 0) is 63.2 Å². The molecule has 1 amide bonds. The quantitative estimate of drug-likeness (QED) is 0.787. The number of likely N-dealkylation sites (N-methyl/N-ethyl adjacent to an activating group) is 1. The van der Waals surface area contributed by atoms with Crippen LogP contribution in [0.4, 0.5) is 5.69 Å². The molecule has 2 N–H and O–H groups in total. The minimum atomic E-state index is 0. The summed E-state index contributed by atoms with van der Waals surface area (Å²) in [6.45, 7) is 9.00. The number of rotatable bonds is 6. The number of halogens is 2. The fourth-order valence-corrected chi connectivity index (χ4v) is 4.00. The van der Waals surface area contributed by atoms with E-state index in [-0.39, 0.29) is 36.6 Å². The summed E-state index contributed by atoms with van der Waals surface area (Å²) in [4.78, 5) is 14.7. The highest BCUT2D eigenvalue weighted by atomic mass is 35.5. The summed E-state index contributed by atoms with van der Waals surface area (Å²) < 4.78 is 0. The molecule has 142 valence electrons. The Hall–Kier alpha value is -0.970. The van der Waals surface area contributed by atoms with E-state index in [0.29, 0.717) is 5.41 Å². The third-order valence-corrected chi connectivity index (χ3v) is 5.62. The molecule has 6 heteroatoms. The van der Waals surface area contributed by atoms with Crippen molar-refractivity contribution in [1.29, 1.82) is 0 Å². The van der Waals surface area contributed by atoms with Crippen LogP contribution in [0, 0.1) is 18.3 Å². The fraction of sp³-hybridized carbons (Fsp3) is 0.632. The van der Waals surface area contributed by atoms with E-state index in [2.05, 4.69) is 53.6 Å². The molecule has 1 aromatic carbocycles. The number of amides is 1. The molecule has 2 aliphatic rings. The van der Waals surface area contributed by atoms with Gasteiger partial charge in [0.05, 0.1) is 0 Å². The molecule has 0 radical (unpaired) electrons. The van der Waals surface area contributed by atoms with Crippen LogP contribution in [-0.2, 0) is 4.79 Å². The predicted octanol–water partition coefficient (Wildman–Crippen LogP) is 3.17. The molecule has 1 atom stereocenters. The molecular formula is C19H31Cl2N3O. The number of aryl methyl sites for hydroxylation is 1. The Morgan fingerprint density at radius 1 is 1.28 bits per heavy atom. The van der Waals surface area contributed by atoms with Crippen molar-refractivity contribution in [3.8, 4) is 0 Å². The summed E-state index contributed by atoms with van der Waals surface area (Å²) in [5.74, 6) is 0.533. The summed E-state index contributed by atoms with van der Waals surface area (Å²) >= 11 is 0. The topological polar surface area (TPSA) is 44.4 Å². The van der Waals surface area contributed by atoms with Crippen molar-refractivity contribution in [3.05, 3.63) is 29.8 Å². The third kappa shape index (κ3) is 5.02. The van der Waals surface area contributed by atoms with Crippen LogP contribution >= 0.6 is 24.8 Å². The van der Waals surface area contributed by atoms with E-state index in [4.69, 9.17) is 0 Å². The highest BCUT2D eigenvalue weighted by Crippen LogP contribution is 2.58. The van der Waals surface area contributed by atoms with Gasteiger partial charge in [-0.3, -0.25) is 4.79 Å². The van der Waals surface area contributed by atoms with Crippen molar-refractivity contribution in [2.45, 2.75) is 33.1 Å². The van der Waals surface area contributed by atoms with Crippen LogP contribution in [0.1, 0.15) is 31.7 Å². The van der Waals surface area contributed by atoms with Crippen molar-refractivity contribution >= 4 is 36.4 Å². The Bertz CT molecular complexity index is 561. The molecule has 1 saturated heterocycles. The van der Waals surface area contributed by atoms with Crippen molar-refractivity contribution in [1.82, 2.24) is 10.6 Å². The molecule has 1 aromatic rings. The van der Waals surface area contributed by atoms with Crippen molar-refractivity contribution < 1.29 is 4.79 Å². The number of nitrogens with one attached hydrogen (secondary N) is 2. The van der Waals surface area contributed by atoms with Gasteiger partial charge in [0.2, 0.25) is 5.91 Å². The average molecular weight is 388 g/mol. The molecular weight excluding hydrogens is 357 g/mol. The smallest absolute Gasteiger partial charge is 0.223 e. The molecule has 25 heavy (non-hydrogen) atoms. The number of benzene rings is 1. The van der Waals surface area contributed by atoms with E-state index in [1.54, 1.807) is 0 Å². The Morgan fingerprint density at radius 3 is 2.60 bits per heavy atom. The van der Waals surface area contributed by atoms with Gasteiger partial charge < -0.3 is 15.5 Å². The van der Waals surface area contributed by atoms with Crippen LogP contribution in [0.5, 0.6) is 0 Å². The zero-order chi connectivity index (χ0) is 16.3. The average Bonchev–Trinajstić information content (AvgIpc) is 3.26. The van der Waals surface area contributed by atoms with Crippen LogP contribution in [0.15, 0.2) is 24.3 Å². The van der Waals surface area contributed by atoms with E-state index in [1.807, 2.05) is 0 Å². The van der Waals surface area contributed by atoms with Gasteiger partial charge in [0.15, 0.2) is 0 Å². The molecule has 1 unspecified atom stereocenters. The fourth-order valence-electron chi connectivity index (χ4n) is 4.00. The first-order valence-corrected chi connectivity index (χ1v) is 8.95. The standard InChI is InChI=1S/C19H29N3O.2ClH/c1-3-22(17-7-5-4-6-15(17)2)13-12-21-18(23)16-14-19(16)8-10-20-11-9-19;;/h4-7,16,20H,3,8-14H2,1-2H3,(H,21,23);2*1H. The lowest BCUT2D eigenvalue weighted by molar-refractivity contribution is -0.123. The van der Waals surface area contributed by atoms with Crippen molar-refractivity contribution in [3.63, 3.8) is 0 Å². The maximum atomic E-state index is 12.4. The summed E-state index contributed by atoms with van der Waals surface area (Å²) in [6.07, 6.45) is 3.42. The van der Waals surface area contributed by atoms with E-state index >= 15 is 0 Å². The maximum absolute atomic E-state index is 12.4. The molecule has 1 saturated carbocycles. The first-order valence-electron chi connectivity index (χ1n) is 8.95. The van der Waals surface area contributed by atoms with Gasteiger partial charge in [-0.25, -0.2) is 0 Å². The molecule has 1 aliphatic carbocycles. The second kappa shape index (κ2) is 9.65. The lowest BCUT2D eigenvalue weighted by atomic mass is 9.92. The Balaban J connectivity index is 0.00000156. The predicted molar refractivity (Wildman–Crippen MR) is 109 cm³/mol. The Kier molecular flexibility index (Phi) is 8.52. The number of hydrogen-bond acceptors (Lipinski definition) is 3. The number of para-hydroxylation sites is 1. The molecule has 1 heterocycles. The second-order valence-electron chi connectivity index (χ2n) is 7.03. The number of hydrogen-bond donors (Lipinski definition) is 2. The first-order chi connectivity index (χ1) is 11.2. The largest absolute Gasteiger partial charge is 0.370 e. The van der Waals surface area contributed by atoms with E-state index in [1.165, 1.54) is 11.3 Å². The Morgan fingerprint density at radius 2 is 1.96 bits per heavy atom. The highest BCUT2D eigenvalue weighted by molar-refractivity contribution is 5.85. The lowest BCUT2D eigenvalue weighted by Crippen LogP contribution is -2.38. The van der Waals surface area contributed by atoms with Crippen molar-refractivity contribution in [2.24, 2.45) is 11.3 Å². The van der Waals surface area contributed by atoms with Gasteiger partial charge in [0.25, 0.3) is 0 Å². The molecule has 0 aromatic heterocycles. The zero-order valence-electron chi connectivity index (χ0n) is 15.2. The van der Waals surface area contributed by atoms with E-state index in [9.17, 15) is 4.79 Å². The van der Waals surface area contributed by atoms with Gasteiger partial charge in [-0.15, -0.1) is 24.8 Å². The Labute approximate surface area is 163 Å². The zero-order valence-corrected chi connectivity index (χ0v) is 16.8. The summed E-state index contributed by atoms with van der Waals surface area (Å²) in [5, 5.41) is 6.56. The third-order valence-electron chi connectivity index (χ3n) is 5.62. The molecule has 4 nitrogen and oxygen atoms in total. The van der Waals surface area contributed by atoms with Gasteiger partial charge in [0.1, 0.15) is 0 Å².